The van der Waals surface area contributed by atoms with E-state index in [1.165, 1.54) is 34.4 Å². The Hall–Kier alpha value is -3.41. The summed E-state index contributed by atoms with van der Waals surface area (Å²) in [4.78, 5) is 22.5. The average molecular weight is 374 g/mol. The summed E-state index contributed by atoms with van der Waals surface area (Å²) in [7, 11) is 0. The molecule has 0 aliphatic heterocycles. The van der Waals surface area contributed by atoms with Crippen LogP contribution in [0.1, 0.15) is 51.1 Å². The van der Waals surface area contributed by atoms with Crippen molar-refractivity contribution in [3.63, 3.8) is 0 Å². The first-order valence-corrected chi connectivity index (χ1v) is 9.33. The van der Waals surface area contributed by atoms with E-state index in [0.29, 0.717) is 12.5 Å². The van der Waals surface area contributed by atoms with E-state index in [1.54, 1.807) is 0 Å². The average Bonchev–Trinajstić information content (AvgIpc) is 3.23. The lowest BCUT2D eigenvalue weighted by molar-refractivity contribution is -0.402. The lowest BCUT2D eigenvalue weighted by Crippen LogP contribution is -2.39. The number of amides is 1. The van der Waals surface area contributed by atoms with Crippen molar-refractivity contribution in [3.8, 4) is 0 Å². The van der Waals surface area contributed by atoms with Gasteiger partial charge in [-0.15, -0.1) is 0 Å². The Balaban J connectivity index is 1.40. The predicted octanol–water partition coefficient (Wildman–Crippen LogP) is 4.21. The maximum atomic E-state index is 12.4. The zero-order chi connectivity index (χ0) is 19.3. The molecule has 1 atom stereocenters. The zero-order valence-electron chi connectivity index (χ0n) is 15.0. The van der Waals surface area contributed by atoms with Crippen LogP contribution in [0.2, 0.25) is 0 Å². The Morgan fingerprint density at radius 2 is 1.61 bits per heavy atom. The summed E-state index contributed by atoms with van der Waals surface area (Å²) in [6.45, 7) is 0.497. The third kappa shape index (κ3) is 2.52. The van der Waals surface area contributed by atoms with E-state index in [2.05, 4.69) is 53.8 Å². The van der Waals surface area contributed by atoms with Gasteiger partial charge in [-0.3, -0.25) is 14.9 Å². The molecule has 6 rings (SSSR count). The van der Waals surface area contributed by atoms with Crippen molar-refractivity contribution in [1.29, 1.82) is 0 Å². The first kappa shape index (κ1) is 16.7. The normalized spacial score (nSPS) is 21.6. The summed E-state index contributed by atoms with van der Waals surface area (Å²) >= 11 is 0. The molecule has 1 heterocycles. The Kier molecular flexibility index (Phi) is 3.79. The summed E-state index contributed by atoms with van der Waals surface area (Å²) < 4.78 is 5.01. The quantitative estimate of drug-likeness (QED) is 0.547. The molecule has 28 heavy (non-hydrogen) atoms. The van der Waals surface area contributed by atoms with Crippen molar-refractivity contribution in [3.05, 3.63) is 98.8 Å². The fourth-order valence-electron chi connectivity index (χ4n) is 4.82. The number of hydrogen-bond acceptors (Lipinski definition) is 4. The van der Waals surface area contributed by atoms with Crippen molar-refractivity contribution < 1.29 is 14.1 Å². The Morgan fingerprint density at radius 3 is 2.18 bits per heavy atom. The van der Waals surface area contributed by atoms with Gasteiger partial charge in [0.1, 0.15) is 4.92 Å². The molecular formula is C22H18N2O4. The van der Waals surface area contributed by atoms with Crippen molar-refractivity contribution in [1.82, 2.24) is 5.32 Å². The van der Waals surface area contributed by atoms with Crippen molar-refractivity contribution in [2.45, 2.75) is 18.3 Å². The van der Waals surface area contributed by atoms with Crippen LogP contribution in [0.5, 0.6) is 0 Å². The number of furan rings is 1. The van der Waals surface area contributed by atoms with Gasteiger partial charge < -0.3 is 9.73 Å². The molecule has 0 fully saturated rings. The van der Waals surface area contributed by atoms with Gasteiger partial charge in [-0.2, -0.15) is 0 Å². The molecule has 3 aromatic rings. The van der Waals surface area contributed by atoms with E-state index in [4.69, 9.17) is 4.42 Å². The smallest absolute Gasteiger partial charge is 0.395 e. The molecule has 2 aromatic carbocycles. The Labute approximate surface area is 161 Å². The monoisotopic (exact) mass is 374 g/mol. The highest BCUT2D eigenvalue weighted by atomic mass is 16.6. The molecule has 0 saturated carbocycles. The van der Waals surface area contributed by atoms with Gasteiger partial charge in [0.05, 0.1) is 6.07 Å². The van der Waals surface area contributed by atoms with Gasteiger partial charge in [0, 0.05) is 18.4 Å². The lowest BCUT2D eigenvalue weighted by atomic mass is 9.59. The van der Waals surface area contributed by atoms with E-state index >= 15 is 0 Å². The molecular weight excluding hydrogens is 356 g/mol. The maximum Gasteiger partial charge on any atom is 0.433 e. The van der Waals surface area contributed by atoms with Crippen LogP contribution in [0.4, 0.5) is 5.88 Å². The summed E-state index contributed by atoms with van der Waals surface area (Å²) in [6.07, 6.45) is 0.970. The minimum atomic E-state index is -0.648. The van der Waals surface area contributed by atoms with E-state index in [9.17, 15) is 14.9 Å². The van der Waals surface area contributed by atoms with Crippen molar-refractivity contribution >= 4 is 11.8 Å². The number of carbonyl (C=O) groups is 1. The molecule has 1 amide bonds. The molecule has 3 aliphatic carbocycles. The summed E-state index contributed by atoms with van der Waals surface area (Å²) in [5, 5.41) is 13.7. The standard InChI is InChI=1S/C22H18N2O4/c25-22(19-9-10-20(28-19)24(26)27)23-12-13-11-18-14-5-1-3-7-16(14)21(13)17-8-4-2-6-15(17)18/h1-10,13,18,21H,11-12H2,(H,23,25)/t13-,18?,21?/m1/s1. The highest BCUT2D eigenvalue weighted by molar-refractivity contribution is 5.91. The minimum absolute atomic E-state index is 0.0338. The Bertz CT molecular complexity index is 1040. The molecule has 1 N–H and O–H groups in total. The molecule has 0 spiro atoms. The van der Waals surface area contributed by atoms with E-state index < -0.39 is 16.7 Å². The van der Waals surface area contributed by atoms with Gasteiger partial charge in [-0.1, -0.05) is 48.5 Å². The predicted molar refractivity (Wildman–Crippen MR) is 102 cm³/mol. The second-order valence-corrected chi connectivity index (χ2v) is 7.39. The van der Waals surface area contributed by atoms with Gasteiger partial charge in [0.25, 0.3) is 5.91 Å². The molecule has 3 aliphatic rings. The van der Waals surface area contributed by atoms with Crippen LogP contribution in [-0.4, -0.2) is 17.4 Å². The Morgan fingerprint density at radius 1 is 1.00 bits per heavy atom. The topological polar surface area (TPSA) is 85.4 Å². The van der Waals surface area contributed by atoms with Crippen LogP contribution in [0.15, 0.2) is 65.1 Å². The number of nitrogens with zero attached hydrogens (tertiary/aromatic N) is 1. The summed E-state index contributed by atoms with van der Waals surface area (Å²) in [5.41, 5.74) is 5.45. The molecule has 1 aromatic heterocycles. The van der Waals surface area contributed by atoms with E-state index in [1.807, 2.05) is 0 Å². The van der Waals surface area contributed by atoms with Crippen LogP contribution in [-0.2, 0) is 0 Å². The molecule has 140 valence electrons. The van der Waals surface area contributed by atoms with Gasteiger partial charge >= 0.3 is 5.88 Å². The number of hydrogen-bond donors (Lipinski definition) is 1. The largest absolute Gasteiger partial charge is 0.433 e. The van der Waals surface area contributed by atoms with Crippen LogP contribution < -0.4 is 5.32 Å². The van der Waals surface area contributed by atoms with Gasteiger partial charge in [0.15, 0.2) is 5.76 Å². The SMILES string of the molecule is O=C(NC[C@H]1CC2c3ccccc3C1c1ccccc12)c1ccc([N+](=O)[O-])o1. The molecule has 0 unspecified atom stereocenters. The number of nitro groups is 1. The van der Waals surface area contributed by atoms with Crippen LogP contribution in [0.3, 0.4) is 0 Å². The van der Waals surface area contributed by atoms with Crippen molar-refractivity contribution in [2.75, 3.05) is 6.54 Å². The number of nitrogens with one attached hydrogen (secondary N) is 1. The fraction of sp³-hybridized carbons (Fsp3) is 0.227. The third-order valence-corrected chi connectivity index (χ3v) is 5.94. The molecule has 0 saturated heterocycles. The molecule has 6 nitrogen and oxygen atoms in total. The lowest BCUT2D eigenvalue weighted by Gasteiger charge is -2.45. The number of rotatable bonds is 4. The highest BCUT2D eigenvalue weighted by Gasteiger charge is 2.42. The van der Waals surface area contributed by atoms with Gasteiger partial charge in [-0.05, 0) is 40.7 Å². The summed E-state index contributed by atoms with van der Waals surface area (Å²) in [5.74, 6) is -0.0364. The first-order chi connectivity index (χ1) is 13.6. The van der Waals surface area contributed by atoms with E-state index in [0.717, 1.165) is 6.42 Å². The van der Waals surface area contributed by atoms with Gasteiger partial charge in [0.2, 0.25) is 0 Å². The molecule has 2 bridgehead atoms. The number of carbonyl (C=O) groups excluding carboxylic acids is 1. The number of fused-ring (bicyclic) bond motifs is 1. The zero-order valence-corrected chi connectivity index (χ0v) is 15.0. The number of benzene rings is 2. The fourth-order valence-corrected chi connectivity index (χ4v) is 4.82. The maximum absolute atomic E-state index is 12.4. The van der Waals surface area contributed by atoms with E-state index in [-0.39, 0.29) is 17.6 Å². The second kappa shape index (κ2) is 6.34. The van der Waals surface area contributed by atoms with Crippen LogP contribution in [0, 0.1) is 16.0 Å². The minimum Gasteiger partial charge on any atom is -0.395 e. The third-order valence-electron chi connectivity index (χ3n) is 5.94. The molecule has 0 radical (unpaired) electrons. The van der Waals surface area contributed by atoms with Gasteiger partial charge in [-0.25, -0.2) is 0 Å². The van der Waals surface area contributed by atoms with Crippen LogP contribution >= 0.6 is 0 Å². The van der Waals surface area contributed by atoms with Crippen LogP contribution in [0.25, 0.3) is 0 Å². The second-order valence-electron chi connectivity index (χ2n) is 7.39. The first-order valence-electron chi connectivity index (χ1n) is 9.33. The van der Waals surface area contributed by atoms with Crippen molar-refractivity contribution in [2.24, 2.45) is 5.92 Å². The molecule has 6 heteroatoms. The highest BCUT2D eigenvalue weighted by Crippen LogP contribution is 2.55. The summed E-state index contributed by atoms with van der Waals surface area (Å²) in [6, 6.07) is 19.6.